The molecule has 1 fully saturated rings. The fraction of sp³-hybridized carbons (Fsp3) is 0.733. The van der Waals surface area contributed by atoms with Gasteiger partial charge in [-0.25, -0.2) is 4.98 Å². The lowest BCUT2D eigenvalue weighted by molar-refractivity contribution is 0.338. The van der Waals surface area contributed by atoms with Gasteiger partial charge in [0.15, 0.2) is 0 Å². The third-order valence-corrected chi connectivity index (χ3v) is 3.91. The van der Waals surface area contributed by atoms with Gasteiger partial charge in [-0.05, 0) is 18.8 Å². The largest absolute Gasteiger partial charge is 0.310 e. The van der Waals surface area contributed by atoms with Crippen LogP contribution in [0.25, 0.3) is 0 Å². The van der Waals surface area contributed by atoms with Gasteiger partial charge in [0.1, 0.15) is 5.82 Å². The van der Waals surface area contributed by atoms with Crippen molar-refractivity contribution < 1.29 is 0 Å². The summed E-state index contributed by atoms with van der Waals surface area (Å²) in [6.45, 7) is 7.15. The van der Waals surface area contributed by atoms with Gasteiger partial charge < -0.3 is 10.3 Å². The van der Waals surface area contributed by atoms with Crippen LogP contribution in [0.1, 0.15) is 63.9 Å². The molecule has 4 heteroatoms. The number of nitrogens with one attached hydrogen (secondary N) is 2. The minimum atomic E-state index is -0.0239. The van der Waals surface area contributed by atoms with E-state index in [9.17, 15) is 4.79 Å². The highest BCUT2D eigenvalue weighted by atomic mass is 16.1. The summed E-state index contributed by atoms with van der Waals surface area (Å²) in [4.78, 5) is 19.3. The zero-order valence-electron chi connectivity index (χ0n) is 12.2. The Labute approximate surface area is 115 Å². The van der Waals surface area contributed by atoms with Crippen LogP contribution in [0.2, 0.25) is 0 Å². The Balaban J connectivity index is 2.10. The summed E-state index contributed by atoms with van der Waals surface area (Å²) in [5.74, 6) is 2.14. The highest BCUT2D eigenvalue weighted by Gasteiger charge is 2.21. The fourth-order valence-corrected chi connectivity index (χ4v) is 2.65. The third kappa shape index (κ3) is 4.16. The van der Waals surface area contributed by atoms with Gasteiger partial charge in [0.2, 0.25) is 0 Å². The molecule has 0 radical (unpaired) electrons. The standard InChI is InChI=1S/C15H25N3O/c1-10(2)16-9-13-8-14(19)18-15(17-13)12-6-4-11(3)5-7-12/h8,10-12,16H,4-7,9H2,1-3H3,(H,17,18,19). The Bertz CT molecular complexity index is 459. The summed E-state index contributed by atoms with van der Waals surface area (Å²) in [5, 5.41) is 3.31. The number of aromatic amines is 1. The highest BCUT2D eigenvalue weighted by molar-refractivity contribution is 5.07. The molecule has 2 N–H and O–H groups in total. The summed E-state index contributed by atoms with van der Waals surface area (Å²) in [6.07, 6.45) is 4.77. The van der Waals surface area contributed by atoms with Crippen molar-refractivity contribution in [3.63, 3.8) is 0 Å². The second kappa shape index (κ2) is 6.33. The molecule has 0 saturated heterocycles. The third-order valence-electron chi connectivity index (χ3n) is 3.91. The first kappa shape index (κ1) is 14.3. The van der Waals surface area contributed by atoms with E-state index < -0.39 is 0 Å². The first-order valence-electron chi connectivity index (χ1n) is 7.38. The molecule has 2 rings (SSSR count). The van der Waals surface area contributed by atoms with Crippen LogP contribution in [-0.4, -0.2) is 16.0 Å². The maximum absolute atomic E-state index is 11.7. The molecule has 0 bridgehead atoms. The van der Waals surface area contributed by atoms with Gasteiger partial charge in [-0.15, -0.1) is 0 Å². The highest BCUT2D eigenvalue weighted by Crippen LogP contribution is 2.33. The molecule has 1 aliphatic carbocycles. The molecule has 4 nitrogen and oxygen atoms in total. The molecule has 1 aromatic rings. The van der Waals surface area contributed by atoms with Crippen molar-refractivity contribution in [2.45, 2.75) is 65.0 Å². The van der Waals surface area contributed by atoms with E-state index in [-0.39, 0.29) is 5.56 Å². The van der Waals surface area contributed by atoms with E-state index in [1.807, 2.05) is 0 Å². The monoisotopic (exact) mass is 263 g/mol. The zero-order chi connectivity index (χ0) is 13.8. The molecule has 0 spiro atoms. The van der Waals surface area contributed by atoms with E-state index in [4.69, 9.17) is 0 Å². The lowest BCUT2D eigenvalue weighted by atomic mass is 9.82. The molecule has 0 aliphatic heterocycles. The summed E-state index contributed by atoms with van der Waals surface area (Å²) >= 11 is 0. The Hall–Kier alpha value is -1.16. The molecule has 1 saturated carbocycles. The Morgan fingerprint density at radius 3 is 2.68 bits per heavy atom. The van der Waals surface area contributed by atoms with Crippen LogP contribution in [0.3, 0.4) is 0 Å². The first-order chi connectivity index (χ1) is 9.04. The van der Waals surface area contributed by atoms with Crippen LogP contribution in [0.4, 0.5) is 0 Å². The first-order valence-corrected chi connectivity index (χ1v) is 7.38. The minimum Gasteiger partial charge on any atom is -0.310 e. The topological polar surface area (TPSA) is 57.8 Å². The molecular formula is C15H25N3O. The molecule has 106 valence electrons. The Kier molecular flexibility index (Phi) is 4.75. The summed E-state index contributed by atoms with van der Waals surface area (Å²) in [7, 11) is 0. The summed E-state index contributed by atoms with van der Waals surface area (Å²) in [6, 6.07) is 2.00. The number of nitrogens with zero attached hydrogens (tertiary/aromatic N) is 1. The van der Waals surface area contributed by atoms with E-state index in [1.165, 1.54) is 12.8 Å². The summed E-state index contributed by atoms with van der Waals surface area (Å²) < 4.78 is 0. The van der Waals surface area contributed by atoms with Crippen molar-refractivity contribution in [1.82, 2.24) is 15.3 Å². The van der Waals surface area contributed by atoms with E-state index in [0.717, 1.165) is 30.3 Å². The van der Waals surface area contributed by atoms with Crippen molar-refractivity contribution in [1.29, 1.82) is 0 Å². The van der Waals surface area contributed by atoms with Gasteiger partial charge in [0.05, 0.1) is 5.69 Å². The second-order valence-electron chi connectivity index (χ2n) is 6.11. The van der Waals surface area contributed by atoms with Crippen molar-refractivity contribution in [3.8, 4) is 0 Å². The van der Waals surface area contributed by atoms with Crippen LogP contribution in [0.5, 0.6) is 0 Å². The Morgan fingerprint density at radius 2 is 2.05 bits per heavy atom. The second-order valence-corrected chi connectivity index (χ2v) is 6.11. The van der Waals surface area contributed by atoms with Crippen LogP contribution < -0.4 is 10.9 Å². The van der Waals surface area contributed by atoms with Crippen molar-refractivity contribution >= 4 is 0 Å². The SMILES string of the molecule is CC1CCC(c2nc(CNC(C)C)cc(=O)[nH]2)CC1. The molecule has 1 heterocycles. The van der Waals surface area contributed by atoms with Crippen molar-refractivity contribution in [2.24, 2.45) is 5.92 Å². The lowest BCUT2D eigenvalue weighted by Gasteiger charge is -2.25. The van der Waals surface area contributed by atoms with Gasteiger partial charge >= 0.3 is 0 Å². The number of H-pyrrole nitrogens is 1. The van der Waals surface area contributed by atoms with Crippen LogP contribution >= 0.6 is 0 Å². The molecular weight excluding hydrogens is 238 g/mol. The van der Waals surface area contributed by atoms with Crippen molar-refractivity contribution in [2.75, 3.05) is 0 Å². The predicted molar refractivity (Wildman–Crippen MR) is 77.2 cm³/mol. The number of hydrogen-bond donors (Lipinski definition) is 2. The molecule has 0 aromatic carbocycles. The zero-order valence-corrected chi connectivity index (χ0v) is 12.2. The number of aromatic nitrogens is 2. The smallest absolute Gasteiger partial charge is 0.251 e. The number of rotatable bonds is 4. The van der Waals surface area contributed by atoms with E-state index in [2.05, 4.69) is 36.1 Å². The maximum atomic E-state index is 11.7. The normalized spacial score (nSPS) is 23.8. The van der Waals surface area contributed by atoms with E-state index in [0.29, 0.717) is 18.5 Å². The minimum absolute atomic E-state index is 0.0239. The van der Waals surface area contributed by atoms with Crippen LogP contribution in [0.15, 0.2) is 10.9 Å². The van der Waals surface area contributed by atoms with Crippen LogP contribution in [0, 0.1) is 5.92 Å². The molecule has 0 amide bonds. The Morgan fingerprint density at radius 1 is 1.37 bits per heavy atom. The molecule has 0 unspecified atom stereocenters. The quantitative estimate of drug-likeness (QED) is 0.877. The molecule has 0 atom stereocenters. The van der Waals surface area contributed by atoms with E-state index in [1.54, 1.807) is 6.07 Å². The molecule has 1 aliphatic rings. The predicted octanol–water partition coefficient (Wildman–Crippen LogP) is 2.56. The van der Waals surface area contributed by atoms with Gasteiger partial charge in [-0.2, -0.15) is 0 Å². The lowest BCUT2D eigenvalue weighted by Crippen LogP contribution is -2.25. The van der Waals surface area contributed by atoms with Crippen LogP contribution in [-0.2, 0) is 6.54 Å². The number of hydrogen-bond acceptors (Lipinski definition) is 3. The van der Waals surface area contributed by atoms with Gasteiger partial charge in [0, 0.05) is 24.6 Å². The average molecular weight is 263 g/mol. The van der Waals surface area contributed by atoms with E-state index >= 15 is 0 Å². The van der Waals surface area contributed by atoms with Gasteiger partial charge in [0.25, 0.3) is 5.56 Å². The van der Waals surface area contributed by atoms with Gasteiger partial charge in [-0.3, -0.25) is 4.79 Å². The fourth-order valence-electron chi connectivity index (χ4n) is 2.65. The molecule has 1 aromatic heterocycles. The van der Waals surface area contributed by atoms with Gasteiger partial charge in [-0.1, -0.05) is 33.6 Å². The van der Waals surface area contributed by atoms with Crippen molar-refractivity contribution in [3.05, 3.63) is 27.9 Å². The maximum Gasteiger partial charge on any atom is 0.251 e. The average Bonchev–Trinajstić information content (AvgIpc) is 2.36. The summed E-state index contributed by atoms with van der Waals surface area (Å²) in [5.41, 5.74) is 0.829. The molecule has 19 heavy (non-hydrogen) atoms.